The molecule has 0 N–H and O–H groups in total. The van der Waals surface area contributed by atoms with Crippen molar-refractivity contribution in [3.63, 3.8) is 0 Å². The lowest BCUT2D eigenvalue weighted by molar-refractivity contribution is -0.139. The maximum atomic E-state index is 12.2. The lowest BCUT2D eigenvalue weighted by Crippen LogP contribution is -2.46. The molecule has 1 saturated carbocycles. The fourth-order valence-corrected chi connectivity index (χ4v) is 5.08. The molecule has 0 spiro atoms. The second kappa shape index (κ2) is 5.81. The van der Waals surface area contributed by atoms with Crippen LogP contribution in [-0.4, -0.2) is 43.3 Å². The molecule has 2 fully saturated rings. The number of carbonyl (C=O) groups is 1. The number of hydrogen-bond acceptors (Lipinski definition) is 3. The first-order valence-electron chi connectivity index (χ1n) is 7.40. The molecule has 0 radical (unpaired) electrons. The minimum absolute atomic E-state index is 0.180. The van der Waals surface area contributed by atoms with Crippen LogP contribution < -0.4 is 0 Å². The molecule has 0 atom stereocenters. The second-order valence-electron chi connectivity index (χ2n) is 6.38. The van der Waals surface area contributed by atoms with E-state index in [1.54, 1.807) is 0 Å². The predicted octanol–water partition coefficient (Wildman–Crippen LogP) is 1.85. The summed E-state index contributed by atoms with van der Waals surface area (Å²) in [6, 6.07) is 0. The van der Waals surface area contributed by atoms with Gasteiger partial charge >= 0.3 is 0 Å². The molecular weight excluding hydrogens is 262 g/mol. The van der Waals surface area contributed by atoms with Gasteiger partial charge in [0.1, 0.15) is 0 Å². The molecule has 2 rings (SSSR count). The van der Waals surface area contributed by atoms with Crippen LogP contribution in [0.15, 0.2) is 0 Å². The highest BCUT2D eigenvalue weighted by atomic mass is 32.2. The van der Waals surface area contributed by atoms with E-state index in [2.05, 4.69) is 0 Å². The van der Waals surface area contributed by atoms with Crippen LogP contribution in [0.3, 0.4) is 0 Å². The molecule has 110 valence electrons. The maximum Gasteiger partial charge on any atom is 0.225 e. The van der Waals surface area contributed by atoms with Crippen LogP contribution in [0, 0.1) is 11.8 Å². The van der Waals surface area contributed by atoms with Crippen molar-refractivity contribution in [1.29, 1.82) is 0 Å². The van der Waals surface area contributed by atoms with Crippen LogP contribution in [0.25, 0.3) is 0 Å². The first kappa shape index (κ1) is 14.8. The number of hydrogen-bond donors (Lipinski definition) is 0. The van der Waals surface area contributed by atoms with Crippen LogP contribution in [0.5, 0.6) is 0 Å². The van der Waals surface area contributed by atoms with Crippen molar-refractivity contribution in [1.82, 2.24) is 4.90 Å². The number of likely N-dealkylation sites (tertiary alicyclic amines) is 1. The van der Waals surface area contributed by atoms with Crippen molar-refractivity contribution in [3.8, 4) is 0 Å². The predicted molar refractivity (Wildman–Crippen MR) is 75.6 cm³/mol. The van der Waals surface area contributed by atoms with Gasteiger partial charge in [-0.1, -0.05) is 20.3 Å². The average molecular weight is 287 g/mol. The Morgan fingerprint density at radius 1 is 1.16 bits per heavy atom. The standard InChI is InChI=1S/C14H25NO3S/c1-11(2)10-19(17,18)13-6-8-15(9-7-13)14(16)12-4-3-5-12/h11-13H,3-10H2,1-2H3. The van der Waals surface area contributed by atoms with Gasteiger partial charge in [0.15, 0.2) is 9.84 Å². The zero-order chi connectivity index (χ0) is 14.0. The number of nitrogens with zero attached hydrogens (tertiary/aromatic N) is 1. The third-order valence-electron chi connectivity index (χ3n) is 4.28. The Kier molecular flexibility index (Phi) is 4.54. The smallest absolute Gasteiger partial charge is 0.225 e. The topological polar surface area (TPSA) is 54.5 Å². The van der Waals surface area contributed by atoms with Gasteiger partial charge in [0.2, 0.25) is 5.91 Å². The fourth-order valence-electron chi connectivity index (χ4n) is 2.95. The number of piperidine rings is 1. The van der Waals surface area contributed by atoms with Crippen LogP contribution in [-0.2, 0) is 14.6 Å². The molecule has 2 aliphatic rings. The molecule has 1 heterocycles. The van der Waals surface area contributed by atoms with Gasteiger partial charge in [-0.2, -0.15) is 0 Å². The van der Waals surface area contributed by atoms with Crippen LogP contribution >= 0.6 is 0 Å². The fraction of sp³-hybridized carbons (Fsp3) is 0.929. The van der Waals surface area contributed by atoms with Gasteiger partial charge in [-0.15, -0.1) is 0 Å². The van der Waals surface area contributed by atoms with Gasteiger partial charge in [0.25, 0.3) is 0 Å². The highest BCUT2D eigenvalue weighted by Crippen LogP contribution is 2.30. The number of carbonyl (C=O) groups excluding carboxylic acids is 1. The summed E-state index contributed by atoms with van der Waals surface area (Å²) in [5, 5.41) is -0.236. The normalized spacial score (nSPS) is 22.6. The molecule has 5 heteroatoms. The summed E-state index contributed by atoms with van der Waals surface area (Å²) in [4.78, 5) is 14.0. The van der Waals surface area contributed by atoms with Crippen molar-refractivity contribution >= 4 is 15.7 Å². The number of rotatable bonds is 4. The lowest BCUT2D eigenvalue weighted by Gasteiger charge is -2.36. The minimum atomic E-state index is -2.98. The molecule has 0 aromatic carbocycles. The first-order valence-corrected chi connectivity index (χ1v) is 9.12. The molecule has 0 aromatic rings. The summed E-state index contributed by atoms with van der Waals surface area (Å²) in [7, 11) is -2.98. The summed E-state index contributed by atoms with van der Waals surface area (Å²) in [6.07, 6.45) is 4.44. The van der Waals surface area contributed by atoms with Crippen molar-refractivity contribution in [2.45, 2.75) is 51.2 Å². The first-order chi connectivity index (χ1) is 8.90. The van der Waals surface area contributed by atoms with Crippen molar-refractivity contribution in [2.24, 2.45) is 11.8 Å². The van der Waals surface area contributed by atoms with Crippen molar-refractivity contribution in [3.05, 3.63) is 0 Å². The summed E-state index contributed by atoms with van der Waals surface area (Å²) in [6.45, 7) is 5.12. The Morgan fingerprint density at radius 3 is 2.16 bits per heavy atom. The van der Waals surface area contributed by atoms with Gasteiger partial charge in [-0.25, -0.2) is 8.42 Å². The van der Waals surface area contributed by atoms with E-state index in [0.717, 1.165) is 19.3 Å². The molecule has 0 unspecified atom stereocenters. The summed E-state index contributed by atoms with van der Waals surface area (Å²) in [5.74, 6) is 0.934. The Labute approximate surface area is 116 Å². The van der Waals surface area contributed by atoms with E-state index in [0.29, 0.717) is 25.9 Å². The van der Waals surface area contributed by atoms with Gasteiger partial charge in [-0.05, 0) is 31.6 Å². The lowest BCUT2D eigenvalue weighted by atomic mass is 9.84. The number of sulfone groups is 1. The third kappa shape index (κ3) is 3.50. The average Bonchev–Trinajstić information content (AvgIpc) is 2.25. The van der Waals surface area contributed by atoms with Gasteiger partial charge in [0.05, 0.1) is 11.0 Å². The molecule has 1 saturated heterocycles. The zero-order valence-electron chi connectivity index (χ0n) is 12.0. The highest BCUT2D eigenvalue weighted by Gasteiger charge is 2.35. The Bertz CT molecular complexity index is 418. The second-order valence-corrected chi connectivity index (χ2v) is 8.70. The Hall–Kier alpha value is -0.580. The molecule has 1 aliphatic carbocycles. The third-order valence-corrected chi connectivity index (χ3v) is 6.90. The summed E-state index contributed by atoms with van der Waals surface area (Å²) in [5.41, 5.74) is 0. The van der Waals surface area contributed by atoms with Gasteiger partial charge in [-0.3, -0.25) is 4.79 Å². The van der Waals surface area contributed by atoms with Crippen LogP contribution in [0.1, 0.15) is 46.0 Å². The largest absolute Gasteiger partial charge is 0.342 e. The van der Waals surface area contributed by atoms with Crippen LogP contribution in [0.2, 0.25) is 0 Å². The van der Waals surface area contributed by atoms with E-state index in [-0.39, 0.29) is 28.7 Å². The summed E-state index contributed by atoms with van der Waals surface area (Å²) >= 11 is 0. The van der Waals surface area contributed by atoms with E-state index >= 15 is 0 Å². The molecule has 4 nitrogen and oxygen atoms in total. The summed E-state index contributed by atoms with van der Waals surface area (Å²) < 4.78 is 24.3. The van der Waals surface area contributed by atoms with Crippen molar-refractivity contribution < 1.29 is 13.2 Å². The van der Waals surface area contributed by atoms with E-state index in [4.69, 9.17) is 0 Å². The molecule has 19 heavy (non-hydrogen) atoms. The molecule has 0 aromatic heterocycles. The quantitative estimate of drug-likeness (QED) is 0.793. The van der Waals surface area contributed by atoms with Crippen molar-refractivity contribution in [2.75, 3.05) is 18.8 Å². The highest BCUT2D eigenvalue weighted by molar-refractivity contribution is 7.92. The van der Waals surface area contributed by atoms with Crippen LogP contribution in [0.4, 0.5) is 0 Å². The number of amides is 1. The Balaban J connectivity index is 1.86. The van der Waals surface area contributed by atoms with E-state index in [1.807, 2.05) is 18.7 Å². The molecule has 1 amide bonds. The maximum absolute atomic E-state index is 12.2. The SMILES string of the molecule is CC(C)CS(=O)(=O)C1CCN(C(=O)C2CCC2)CC1. The van der Waals surface area contributed by atoms with E-state index in [1.165, 1.54) is 0 Å². The molecule has 1 aliphatic heterocycles. The molecular formula is C14H25NO3S. The zero-order valence-corrected chi connectivity index (χ0v) is 12.8. The molecule has 0 bridgehead atoms. The van der Waals surface area contributed by atoms with Gasteiger partial charge < -0.3 is 4.90 Å². The monoisotopic (exact) mass is 287 g/mol. The Morgan fingerprint density at radius 2 is 1.74 bits per heavy atom. The van der Waals surface area contributed by atoms with E-state index < -0.39 is 9.84 Å². The van der Waals surface area contributed by atoms with E-state index in [9.17, 15) is 13.2 Å². The van der Waals surface area contributed by atoms with Gasteiger partial charge in [0, 0.05) is 19.0 Å². The minimum Gasteiger partial charge on any atom is -0.342 e.